The Bertz CT molecular complexity index is 1060. The van der Waals surface area contributed by atoms with Crippen molar-refractivity contribution >= 4 is 40.3 Å². The second-order valence-corrected chi connectivity index (χ2v) is 9.97. The van der Waals surface area contributed by atoms with Crippen LogP contribution in [0.1, 0.15) is 36.7 Å². The van der Waals surface area contributed by atoms with Crippen molar-refractivity contribution < 1.29 is 0 Å². The molecule has 0 spiro atoms. The van der Waals surface area contributed by atoms with Gasteiger partial charge in [0.2, 0.25) is 0 Å². The Balaban J connectivity index is 1.57. The molecule has 6 heteroatoms. The van der Waals surface area contributed by atoms with Gasteiger partial charge in [-0.1, -0.05) is 66.3 Å². The molecule has 30 heavy (non-hydrogen) atoms. The van der Waals surface area contributed by atoms with Gasteiger partial charge >= 0.3 is 0 Å². The number of rotatable bonds is 5. The number of amidine groups is 1. The second kappa shape index (κ2) is 8.66. The summed E-state index contributed by atoms with van der Waals surface area (Å²) < 4.78 is 0. The predicted molar refractivity (Wildman–Crippen MR) is 128 cm³/mol. The molecular weight excluding hydrogens is 430 g/mol. The van der Waals surface area contributed by atoms with Crippen LogP contribution in [0.5, 0.6) is 0 Å². The van der Waals surface area contributed by atoms with Crippen molar-refractivity contribution in [2.24, 2.45) is 4.99 Å². The Hall–Kier alpha value is -1.95. The number of thioether (sulfide) groups is 1. The number of hydrogen-bond donors (Lipinski definition) is 0. The van der Waals surface area contributed by atoms with E-state index in [-0.39, 0.29) is 12.1 Å². The summed E-state index contributed by atoms with van der Waals surface area (Å²) in [6.45, 7) is 2.27. The van der Waals surface area contributed by atoms with Crippen LogP contribution in [0, 0.1) is 0 Å². The standard InChI is InChI=1S/C24H22ClN3S2/c1-2-17-15-29-24-27-22(20-8-5-6-14-26-20)23(28(17)24)19-7-3-4-9-21(19)30-18-12-10-16(25)11-13-18/h3-14,17,22-23H,2,15H2,1H3/t17-,22-,23+/m0/s1. The molecule has 0 bridgehead atoms. The van der Waals surface area contributed by atoms with Gasteiger partial charge in [0.05, 0.1) is 11.7 Å². The molecule has 1 fully saturated rings. The summed E-state index contributed by atoms with van der Waals surface area (Å²) >= 11 is 9.76. The topological polar surface area (TPSA) is 28.5 Å². The molecule has 3 aromatic rings. The van der Waals surface area contributed by atoms with E-state index >= 15 is 0 Å². The number of aliphatic imine (C=N–C) groups is 1. The molecule has 2 aromatic carbocycles. The zero-order valence-electron chi connectivity index (χ0n) is 16.6. The summed E-state index contributed by atoms with van der Waals surface area (Å²) in [5, 5.41) is 1.92. The SMILES string of the molecule is CC[C@H]1CSC2=N[C@@H](c3ccccn3)[C@@H](c3ccccc3Sc3ccc(Cl)cc3)N21. The van der Waals surface area contributed by atoms with Gasteiger partial charge < -0.3 is 4.90 Å². The van der Waals surface area contributed by atoms with Gasteiger partial charge in [0.15, 0.2) is 5.17 Å². The van der Waals surface area contributed by atoms with E-state index in [1.807, 2.05) is 36.2 Å². The molecule has 1 saturated heterocycles. The van der Waals surface area contributed by atoms with Crippen LogP contribution in [0.2, 0.25) is 5.02 Å². The summed E-state index contributed by atoms with van der Waals surface area (Å²) in [6, 6.07) is 23.6. The zero-order chi connectivity index (χ0) is 20.5. The number of fused-ring (bicyclic) bond motifs is 1. The Morgan fingerprint density at radius 1 is 1.07 bits per heavy atom. The summed E-state index contributed by atoms with van der Waals surface area (Å²) in [5.74, 6) is 1.10. The first kappa shape index (κ1) is 20.0. The minimum absolute atomic E-state index is 0.00928. The predicted octanol–water partition coefficient (Wildman–Crippen LogP) is 6.87. The van der Waals surface area contributed by atoms with E-state index in [9.17, 15) is 0 Å². The maximum absolute atomic E-state index is 6.09. The van der Waals surface area contributed by atoms with Crippen LogP contribution >= 0.6 is 35.1 Å². The normalized spacial score (nSPS) is 22.8. The molecule has 0 unspecified atom stereocenters. The number of halogens is 1. The minimum atomic E-state index is 0.00928. The molecule has 3 atom stereocenters. The highest BCUT2D eigenvalue weighted by atomic mass is 35.5. The zero-order valence-corrected chi connectivity index (χ0v) is 19.0. The Morgan fingerprint density at radius 3 is 2.63 bits per heavy atom. The van der Waals surface area contributed by atoms with Crippen molar-refractivity contribution in [1.29, 1.82) is 0 Å². The molecule has 1 aromatic heterocycles. The van der Waals surface area contributed by atoms with Gasteiger partial charge in [-0.05, 0) is 54.4 Å². The van der Waals surface area contributed by atoms with Crippen molar-refractivity contribution in [1.82, 2.24) is 9.88 Å². The van der Waals surface area contributed by atoms with Gasteiger partial charge in [0.1, 0.15) is 6.04 Å². The molecule has 0 N–H and O–H groups in total. The van der Waals surface area contributed by atoms with Gasteiger partial charge in [-0.2, -0.15) is 0 Å². The maximum atomic E-state index is 6.09. The fraction of sp³-hybridized carbons (Fsp3) is 0.250. The summed E-state index contributed by atoms with van der Waals surface area (Å²) in [4.78, 5) is 14.8. The maximum Gasteiger partial charge on any atom is 0.160 e. The van der Waals surface area contributed by atoms with Crippen LogP contribution in [-0.2, 0) is 0 Å². The molecule has 5 rings (SSSR count). The highest BCUT2D eigenvalue weighted by Crippen LogP contribution is 2.50. The van der Waals surface area contributed by atoms with E-state index in [4.69, 9.17) is 16.6 Å². The average molecular weight is 452 g/mol. The van der Waals surface area contributed by atoms with E-state index in [1.54, 1.807) is 11.8 Å². The molecule has 3 nitrogen and oxygen atoms in total. The third-order valence-corrected chi connectivity index (χ3v) is 8.09. The number of benzene rings is 2. The minimum Gasteiger partial charge on any atom is -0.338 e. The Morgan fingerprint density at radius 2 is 1.87 bits per heavy atom. The van der Waals surface area contributed by atoms with Crippen molar-refractivity contribution in [3.8, 4) is 0 Å². The lowest BCUT2D eigenvalue weighted by Gasteiger charge is -2.33. The van der Waals surface area contributed by atoms with Gasteiger partial charge in [0.25, 0.3) is 0 Å². The van der Waals surface area contributed by atoms with E-state index < -0.39 is 0 Å². The fourth-order valence-corrected chi connectivity index (χ4v) is 6.58. The lowest BCUT2D eigenvalue weighted by Crippen LogP contribution is -2.35. The Labute approximate surface area is 191 Å². The van der Waals surface area contributed by atoms with Gasteiger partial charge in [-0.25, -0.2) is 0 Å². The third-order valence-electron chi connectivity index (χ3n) is 5.61. The molecule has 0 saturated carbocycles. The number of hydrogen-bond acceptors (Lipinski definition) is 5. The van der Waals surface area contributed by atoms with E-state index in [1.165, 1.54) is 15.4 Å². The van der Waals surface area contributed by atoms with E-state index in [0.29, 0.717) is 6.04 Å². The van der Waals surface area contributed by atoms with Crippen molar-refractivity contribution in [2.75, 3.05) is 5.75 Å². The van der Waals surface area contributed by atoms with E-state index in [0.717, 1.165) is 28.1 Å². The molecule has 2 aliphatic heterocycles. The lowest BCUT2D eigenvalue weighted by atomic mass is 9.95. The van der Waals surface area contributed by atoms with Crippen LogP contribution in [0.15, 0.2) is 87.7 Å². The quantitative estimate of drug-likeness (QED) is 0.423. The van der Waals surface area contributed by atoms with Crippen molar-refractivity contribution in [3.05, 3.63) is 89.2 Å². The van der Waals surface area contributed by atoms with Gasteiger partial charge in [-0.15, -0.1) is 0 Å². The lowest BCUT2D eigenvalue weighted by molar-refractivity contribution is 0.252. The molecule has 3 heterocycles. The van der Waals surface area contributed by atoms with Crippen LogP contribution in [-0.4, -0.2) is 26.8 Å². The molecule has 0 radical (unpaired) electrons. The monoisotopic (exact) mass is 451 g/mol. The first-order chi connectivity index (χ1) is 14.7. The smallest absolute Gasteiger partial charge is 0.160 e. The van der Waals surface area contributed by atoms with Crippen molar-refractivity contribution in [3.63, 3.8) is 0 Å². The molecule has 2 aliphatic rings. The molecule has 0 amide bonds. The number of aromatic nitrogens is 1. The first-order valence-electron chi connectivity index (χ1n) is 10.2. The van der Waals surface area contributed by atoms with Crippen LogP contribution in [0.3, 0.4) is 0 Å². The molecule has 152 valence electrons. The number of pyridine rings is 1. The number of nitrogens with zero attached hydrogens (tertiary/aromatic N) is 3. The third kappa shape index (κ3) is 3.75. The highest BCUT2D eigenvalue weighted by Gasteiger charge is 2.46. The molecule has 0 aliphatic carbocycles. The first-order valence-corrected chi connectivity index (χ1v) is 12.3. The van der Waals surface area contributed by atoms with E-state index in [2.05, 4.69) is 65.3 Å². The second-order valence-electron chi connectivity index (χ2n) is 7.43. The van der Waals surface area contributed by atoms with Crippen LogP contribution < -0.4 is 0 Å². The summed E-state index contributed by atoms with van der Waals surface area (Å²) in [5.41, 5.74) is 2.35. The van der Waals surface area contributed by atoms with Gasteiger partial charge in [0, 0.05) is 32.8 Å². The van der Waals surface area contributed by atoms with Gasteiger partial charge in [-0.3, -0.25) is 9.98 Å². The van der Waals surface area contributed by atoms with Crippen LogP contribution in [0.4, 0.5) is 0 Å². The average Bonchev–Trinajstić information content (AvgIpc) is 3.35. The largest absolute Gasteiger partial charge is 0.338 e. The molecular formula is C24H22ClN3S2. The Kier molecular flexibility index (Phi) is 5.77. The summed E-state index contributed by atoms with van der Waals surface area (Å²) in [7, 11) is 0. The highest BCUT2D eigenvalue weighted by molar-refractivity contribution is 8.14. The summed E-state index contributed by atoms with van der Waals surface area (Å²) in [6.07, 6.45) is 2.98. The van der Waals surface area contributed by atoms with Crippen LogP contribution in [0.25, 0.3) is 0 Å². The van der Waals surface area contributed by atoms with Crippen molar-refractivity contribution in [2.45, 2.75) is 41.3 Å². The fourth-order valence-electron chi connectivity index (χ4n) is 4.13.